The minimum absolute atomic E-state index is 0.251. The van der Waals surface area contributed by atoms with Crippen molar-refractivity contribution >= 4 is 17.0 Å². The molecule has 1 aromatic heterocycles. The summed E-state index contributed by atoms with van der Waals surface area (Å²) in [4.78, 5) is 4.34. The summed E-state index contributed by atoms with van der Waals surface area (Å²) in [7, 11) is 0. The molecular formula is C14H18N2S. The largest absolute Gasteiger partial charge is 0.377 e. The number of rotatable bonds is 4. The molecule has 1 unspecified atom stereocenters. The molecule has 3 heteroatoms. The molecule has 90 valence electrons. The van der Waals surface area contributed by atoms with Gasteiger partial charge in [-0.1, -0.05) is 32.0 Å². The zero-order valence-electron chi connectivity index (χ0n) is 10.5. The Kier molecular flexibility index (Phi) is 3.79. The van der Waals surface area contributed by atoms with Crippen molar-refractivity contribution in [2.75, 3.05) is 5.32 Å². The lowest BCUT2D eigenvalue weighted by molar-refractivity contribution is 0.825. The molecule has 2 nitrogen and oxygen atoms in total. The van der Waals surface area contributed by atoms with Crippen LogP contribution in [0.4, 0.5) is 5.69 Å². The van der Waals surface area contributed by atoms with Gasteiger partial charge in [-0.15, -0.1) is 11.3 Å². The van der Waals surface area contributed by atoms with Gasteiger partial charge >= 0.3 is 0 Å². The van der Waals surface area contributed by atoms with E-state index in [1.165, 1.54) is 11.3 Å². The average Bonchev–Trinajstić information content (AvgIpc) is 2.83. The fourth-order valence-corrected chi connectivity index (χ4v) is 2.52. The van der Waals surface area contributed by atoms with Gasteiger partial charge in [0.15, 0.2) is 0 Å². The van der Waals surface area contributed by atoms with E-state index in [1.807, 2.05) is 5.51 Å². The van der Waals surface area contributed by atoms with E-state index in [9.17, 15) is 0 Å². The van der Waals surface area contributed by atoms with E-state index >= 15 is 0 Å². The smallest absolute Gasteiger partial charge is 0.0795 e. The average molecular weight is 246 g/mol. The maximum Gasteiger partial charge on any atom is 0.0795 e. The normalized spacial score (nSPS) is 12.7. The molecule has 17 heavy (non-hydrogen) atoms. The van der Waals surface area contributed by atoms with Crippen molar-refractivity contribution in [1.82, 2.24) is 4.98 Å². The Bertz CT molecular complexity index is 463. The topological polar surface area (TPSA) is 24.9 Å². The van der Waals surface area contributed by atoms with E-state index in [-0.39, 0.29) is 6.04 Å². The first-order chi connectivity index (χ1) is 8.18. The van der Waals surface area contributed by atoms with E-state index in [4.69, 9.17) is 0 Å². The Balaban J connectivity index is 2.18. The van der Waals surface area contributed by atoms with Gasteiger partial charge in [0.25, 0.3) is 0 Å². The van der Waals surface area contributed by atoms with Crippen molar-refractivity contribution in [3.8, 4) is 0 Å². The fraction of sp³-hybridized carbons (Fsp3) is 0.357. The van der Waals surface area contributed by atoms with Crippen LogP contribution >= 0.6 is 11.3 Å². The lowest BCUT2D eigenvalue weighted by atomic mass is 10.0. The Labute approximate surface area is 107 Å². The van der Waals surface area contributed by atoms with Crippen molar-refractivity contribution < 1.29 is 0 Å². The maximum absolute atomic E-state index is 4.34. The Morgan fingerprint density at radius 1 is 1.18 bits per heavy atom. The molecule has 0 bridgehead atoms. The first-order valence-electron chi connectivity index (χ1n) is 5.92. The van der Waals surface area contributed by atoms with Crippen molar-refractivity contribution in [1.29, 1.82) is 0 Å². The first-order valence-corrected chi connectivity index (χ1v) is 6.86. The maximum atomic E-state index is 4.34. The number of nitrogens with zero attached hydrogens (tertiary/aromatic N) is 1. The highest BCUT2D eigenvalue weighted by Crippen LogP contribution is 2.27. The third kappa shape index (κ3) is 2.86. The molecule has 0 saturated heterocycles. The Morgan fingerprint density at radius 3 is 2.59 bits per heavy atom. The number of hydrogen-bond acceptors (Lipinski definition) is 3. The molecule has 0 aliphatic carbocycles. The summed E-state index contributed by atoms with van der Waals surface area (Å²) >= 11 is 1.64. The molecule has 2 rings (SSSR count). The third-order valence-electron chi connectivity index (χ3n) is 2.85. The van der Waals surface area contributed by atoms with Crippen molar-refractivity contribution in [2.24, 2.45) is 0 Å². The van der Waals surface area contributed by atoms with Gasteiger partial charge in [0, 0.05) is 11.1 Å². The second-order valence-corrected chi connectivity index (χ2v) is 5.24. The van der Waals surface area contributed by atoms with E-state index < -0.39 is 0 Å². The van der Waals surface area contributed by atoms with Crippen LogP contribution in [0.15, 0.2) is 35.2 Å². The summed E-state index contributed by atoms with van der Waals surface area (Å²) in [6, 6.07) is 8.73. The van der Waals surface area contributed by atoms with Crippen LogP contribution in [0.25, 0.3) is 0 Å². The second-order valence-electron chi connectivity index (χ2n) is 4.52. The summed E-state index contributed by atoms with van der Waals surface area (Å²) in [5, 5.41) is 5.63. The number of thiazole rings is 1. The molecule has 0 aliphatic heterocycles. The van der Waals surface area contributed by atoms with E-state index in [2.05, 4.69) is 60.7 Å². The molecule has 2 aromatic rings. The molecule has 1 heterocycles. The highest BCUT2D eigenvalue weighted by molar-refractivity contribution is 7.07. The fourth-order valence-electron chi connectivity index (χ4n) is 1.87. The van der Waals surface area contributed by atoms with Gasteiger partial charge in [-0.2, -0.15) is 0 Å². The van der Waals surface area contributed by atoms with Crippen LogP contribution in [0.2, 0.25) is 0 Å². The lowest BCUT2D eigenvalue weighted by Gasteiger charge is -2.18. The predicted octanol–water partition coefficient (Wildman–Crippen LogP) is 4.44. The van der Waals surface area contributed by atoms with Crippen LogP contribution in [0.3, 0.4) is 0 Å². The van der Waals surface area contributed by atoms with Crippen LogP contribution in [0, 0.1) is 0 Å². The van der Waals surface area contributed by atoms with E-state index in [0.29, 0.717) is 5.92 Å². The molecule has 0 radical (unpaired) electrons. The van der Waals surface area contributed by atoms with Crippen LogP contribution in [-0.4, -0.2) is 4.98 Å². The summed E-state index contributed by atoms with van der Waals surface area (Å²) in [6.07, 6.45) is 0. The van der Waals surface area contributed by atoms with E-state index in [1.54, 1.807) is 11.3 Å². The standard InChI is InChI=1S/C14H18N2S/c1-10(2)12-6-4-5-7-13(12)16-11(3)14-8-17-9-15-14/h4-11,16H,1-3H3. The molecule has 1 atom stereocenters. The van der Waals surface area contributed by atoms with Gasteiger partial charge in [-0.25, -0.2) is 4.98 Å². The minimum Gasteiger partial charge on any atom is -0.377 e. The Hall–Kier alpha value is -1.35. The lowest BCUT2D eigenvalue weighted by Crippen LogP contribution is -2.09. The molecule has 1 N–H and O–H groups in total. The van der Waals surface area contributed by atoms with Crippen molar-refractivity contribution in [3.63, 3.8) is 0 Å². The van der Waals surface area contributed by atoms with Crippen LogP contribution in [0.5, 0.6) is 0 Å². The second kappa shape index (κ2) is 5.32. The van der Waals surface area contributed by atoms with Crippen LogP contribution in [-0.2, 0) is 0 Å². The molecule has 0 aliphatic rings. The number of aromatic nitrogens is 1. The first kappa shape index (κ1) is 12.1. The van der Waals surface area contributed by atoms with Crippen molar-refractivity contribution in [3.05, 3.63) is 46.4 Å². The summed E-state index contributed by atoms with van der Waals surface area (Å²) < 4.78 is 0. The summed E-state index contributed by atoms with van der Waals surface area (Å²) in [6.45, 7) is 6.58. The SMILES string of the molecule is CC(C)c1ccccc1NC(C)c1cscn1. The summed E-state index contributed by atoms with van der Waals surface area (Å²) in [5.41, 5.74) is 5.55. The van der Waals surface area contributed by atoms with Gasteiger partial charge in [-0.3, -0.25) is 0 Å². The molecule has 0 spiro atoms. The number of anilines is 1. The van der Waals surface area contributed by atoms with Crippen LogP contribution in [0.1, 0.15) is 44.0 Å². The molecular weight excluding hydrogens is 228 g/mol. The highest BCUT2D eigenvalue weighted by atomic mass is 32.1. The summed E-state index contributed by atoms with van der Waals surface area (Å²) in [5.74, 6) is 0.529. The predicted molar refractivity (Wildman–Crippen MR) is 74.7 cm³/mol. The van der Waals surface area contributed by atoms with Crippen LogP contribution < -0.4 is 5.32 Å². The van der Waals surface area contributed by atoms with Gasteiger partial charge < -0.3 is 5.32 Å². The third-order valence-corrected chi connectivity index (χ3v) is 3.45. The molecule has 0 saturated carbocycles. The number of nitrogens with one attached hydrogen (secondary N) is 1. The Morgan fingerprint density at radius 2 is 1.94 bits per heavy atom. The number of para-hydroxylation sites is 1. The number of hydrogen-bond donors (Lipinski definition) is 1. The molecule has 1 aromatic carbocycles. The van der Waals surface area contributed by atoms with Gasteiger partial charge in [0.05, 0.1) is 17.2 Å². The zero-order chi connectivity index (χ0) is 12.3. The van der Waals surface area contributed by atoms with Gasteiger partial charge in [0.2, 0.25) is 0 Å². The number of benzene rings is 1. The zero-order valence-corrected chi connectivity index (χ0v) is 11.3. The highest BCUT2D eigenvalue weighted by Gasteiger charge is 2.10. The minimum atomic E-state index is 0.251. The van der Waals surface area contributed by atoms with E-state index in [0.717, 1.165) is 5.69 Å². The quantitative estimate of drug-likeness (QED) is 0.862. The van der Waals surface area contributed by atoms with Crippen molar-refractivity contribution in [2.45, 2.75) is 32.7 Å². The molecule has 0 amide bonds. The monoisotopic (exact) mass is 246 g/mol. The van der Waals surface area contributed by atoms with Gasteiger partial charge in [0.1, 0.15) is 0 Å². The van der Waals surface area contributed by atoms with Gasteiger partial charge in [-0.05, 0) is 24.5 Å². The molecule has 0 fully saturated rings.